The molecule has 11 heavy (non-hydrogen) atoms. The van der Waals surface area contributed by atoms with E-state index in [1.54, 1.807) is 0 Å². The van der Waals surface area contributed by atoms with Crippen molar-refractivity contribution in [3.63, 3.8) is 0 Å². The Labute approximate surface area is 72.0 Å². The van der Waals surface area contributed by atoms with Crippen molar-refractivity contribution in [2.24, 2.45) is 0 Å². The van der Waals surface area contributed by atoms with Crippen molar-refractivity contribution in [2.45, 2.75) is 29.9 Å². The maximum Gasteiger partial charge on any atom is 0.00952 e. The van der Waals surface area contributed by atoms with E-state index in [-0.39, 0.29) is 0 Å². The van der Waals surface area contributed by atoms with E-state index in [0.717, 1.165) is 5.25 Å². The van der Waals surface area contributed by atoms with Gasteiger partial charge in [0.1, 0.15) is 0 Å². The third-order valence-electron chi connectivity index (χ3n) is 1.82. The zero-order chi connectivity index (χ0) is 7.68. The molecule has 0 aromatic heterocycles. The van der Waals surface area contributed by atoms with Crippen LogP contribution in [0.25, 0.3) is 0 Å². The molecule has 0 radical (unpaired) electrons. The normalized spacial score (nSPS) is 16.8. The molecule has 58 valence electrons. The molecule has 0 spiro atoms. The first-order valence-electron chi connectivity index (χ1n) is 4.08. The van der Waals surface area contributed by atoms with E-state index in [1.165, 1.54) is 23.3 Å². The molecular formula is C10H12S. The summed E-state index contributed by atoms with van der Waals surface area (Å²) in [6.07, 6.45) is 2.83. The molecule has 0 atom stereocenters. The Kier molecular flexibility index (Phi) is 1.91. The topological polar surface area (TPSA) is 0 Å². The lowest BCUT2D eigenvalue weighted by atomic mass is 10.2. The first kappa shape index (κ1) is 7.23. The fourth-order valence-corrected chi connectivity index (χ4v) is 2.23. The van der Waals surface area contributed by atoms with Gasteiger partial charge in [0.25, 0.3) is 0 Å². The third-order valence-corrected chi connectivity index (χ3v) is 3.15. The molecule has 1 heteroatoms. The van der Waals surface area contributed by atoms with Gasteiger partial charge in [-0.3, -0.25) is 0 Å². The van der Waals surface area contributed by atoms with Crippen molar-refractivity contribution in [2.75, 3.05) is 0 Å². The second-order valence-electron chi connectivity index (χ2n) is 3.13. The van der Waals surface area contributed by atoms with E-state index in [2.05, 4.69) is 31.2 Å². The number of benzene rings is 1. The largest absolute Gasteiger partial charge is 0.123 e. The Morgan fingerprint density at radius 3 is 2.82 bits per heavy atom. The Bertz CT molecular complexity index is 251. The van der Waals surface area contributed by atoms with Gasteiger partial charge < -0.3 is 0 Å². The molecule has 0 heterocycles. The summed E-state index contributed by atoms with van der Waals surface area (Å²) < 4.78 is 0. The van der Waals surface area contributed by atoms with Crippen LogP contribution in [0.15, 0.2) is 29.2 Å². The minimum absolute atomic E-state index is 0.928. The molecule has 0 unspecified atom stereocenters. The fourth-order valence-electron chi connectivity index (χ4n) is 1.07. The van der Waals surface area contributed by atoms with Gasteiger partial charge in [0.2, 0.25) is 0 Å². The minimum atomic E-state index is 0.928. The highest BCUT2D eigenvalue weighted by atomic mass is 32.2. The highest BCUT2D eigenvalue weighted by Gasteiger charge is 2.22. The van der Waals surface area contributed by atoms with E-state index in [9.17, 15) is 0 Å². The average molecular weight is 164 g/mol. The van der Waals surface area contributed by atoms with Gasteiger partial charge in [-0.2, -0.15) is 0 Å². The Morgan fingerprint density at radius 1 is 1.36 bits per heavy atom. The standard InChI is InChI=1S/C10H12S/c1-8-3-2-4-10(7-8)11-9-5-6-9/h2-4,7,9H,5-6H2,1H3. The number of rotatable bonds is 2. The summed E-state index contributed by atoms with van der Waals surface area (Å²) in [5, 5.41) is 0.928. The molecule has 0 N–H and O–H groups in total. The van der Waals surface area contributed by atoms with Crippen LogP contribution in [0.3, 0.4) is 0 Å². The first-order chi connectivity index (χ1) is 5.34. The summed E-state index contributed by atoms with van der Waals surface area (Å²) in [7, 11) is 0. The van der Waals surface area contributed by atoms with Gasteiger partial charge in [0.05, 0.1) is 0 Å². The molecule has 1 aliphatic rings. The molecule has 1 saturated carbocycles. The molecule has 1 aromatic carbocycles. The van der Waals surface area contributed by atoms with Crippen molar-refractivity contribution >= 4 is 11.8 Å². The van der Waals surface area contributed by atoms with Crippen LogP contribution in [0.5, 0.6) is 0 Å². The molecule has 0 saturated heterocycles. The first-order valence-corrected chi connectivity index (χ1v) is 4.96. The molecule has 2 rings (SSSR count). The van der Waals surface area contributed by atoms with Crippen LogP contribution in [0.2, 0.25) is 0 Å². The molecule has 1 fully saturated rings. The lowest BCUT2D eigenvalue weighted by Gasteiger charge is -1.98. The van der Waals surface area contributed by atoms with Gasteiger partial charge >= 0.3 is 0 Å². The SMILES string of the molecule is Cc1cccc(SC2CC2)c1. The summed E-state index contributed by atoms with van der Waals surface area (Å²) in [6, 6.07) is 8.76. The number of thioether (sulfide) groups is 1. The fraction of sp³-hybridized carbons (Fsp3) is 0.400. The monoisotopic (exact) mass is 164 g/mol. The zero-order valence-electron chi connectivity index (χ0n) is 6.71. The van der Waals surface area contributed by atoms with Crippen molar-refractivity contribution in [3.8, 4) is 0 Å². The van der Waals surface area contributed by atoms with Gasteiger partial charge in [-0.15, -0.1) is 11.8 Å². The minimum Gasteiger partial charge on any atom is -0.123 e. The molecule has 0 bridgehead atoms. The van der Waals surface area contributed by atoms with Gasteiger partial charge in [-0.25, -0.2) is 0 Å². The predicted octanol–water partition coefficient (Wildman–Crippen LogP) is 3.25. The van der Waals surface area contributed by atoms with Crippen molar-refractivity contribution < 1.29 is 0 Å². The van der Waals surface area contributed by atoms with Crippen LogP contribution in [0.1, 0.15) is 18.4 Å². The van der Waals surface area contributed by atoms with Crippen LogP contribution in [0.4, 0.5) is 0 Å². The second kappa shape index (κ2) is 2.90. The Morgan fingerprint density at radius 2 is 2.18 bits per heavy atom. The van der Waals surface area contributed by atoms with Crippen LogP contribution in [0, 0.1) is 6.92 Å². The van der Waals surface area contributed by atoms with Gasteiger partial charge in [-0.05, 0) is 31.9 Å². The van der Waals surface area contributed by atoms with E-state index in [0.29, 0.717) is 0 Å². The quantitative estimate of drug-likeness (QED) is 0.646. The number of hydrogen-bond acceptors (Lipinski definition) is 1. The smallest absolute Gasteiger partial charge is 0.00952 e. The third kappa shape index (κ3) is 2.00. The van der Waals surface area contributed by atoms with Gasteiger partial charge in [0.15, 0.2) is 0 Å². The summed E-state index contributed by atoms with van der Waals surface area (Å²) in [6.45, 7) is 2.15. The van der Waals surface area contributed by atoms with Gasteiger partial charge in [0, 0.05) is 10.1 Å². The van der Waals surface area contributed by atoms with Crippen LogP contribution < -0.4 is 0 Å². The molecule has 0 aliphatic heterocycles. The van der Waals surface area contributed by atoms with Crippen LogP contribution in [-0.4, -0.2) is 5.25 Å². The summed E-state index contributed by atoms with van der Waals surface area (Å²) in [5.74, 6) is 0. The van der Waals surface area contributed by atoms with E-state index < -0.39 is 0 Å². The van der Waals surface area contributed by atoms with Crippen molar-refractivity contribution in [3.05, 3.63) is 29.8 Å². The average Bonchev–Trinajstić information content (AvgIpc) is 2.71. The maximum atomic E-state index is 2.27. The molecule has 0 nitrogen and oxygen atoms in total. The summed E-state index contributed by atoms with van der Waals surface area (Å²) in [4.78, 5) is 1.44. The molecule has 0 amide bonds. The van der Waals surface area contributed by atoms with Crippen LogP contribution >= 0.6 is 11.8 Å². The van der Waals surface area contributed by atoms with E-state index in [4.69, 9.17) is 0 Å². The summed E-state index contributed by atoms with van der Waals surface area (Å²) in [5.41, 5.74) is 1.37. The maximum absolute atomic E-state index is 2.27. The Hall–Kier alpha value is -0.430. The van der Waals surface area contributed by atoms with Crippen molar-refractivity contribution in [1.29, 1.82) is 0 Å². The molecule has 1 aliphatic carbocycles. The van der Waals surface area contributed by atoms with Gasteiger partial charge in [-0.1, -0.05) is 17.7 Å². The summed E-state index contributed by atoms with van der Waals surface area (Å²) >= 11 is 2.02. The molecule has 1 aromatic rings. The highest BCUT2D eigenvalue weighted by Crippen LogP contribution is 2.39. The highest BCUT2D eigenvalue weighted by molar-refractivity contribution is 8.00. The second-order valence-corrected chi connectivity index (χ2v) is 4.51. The molecular weight excluding hydrogens is 152 g/mol. The number of aryl methyl sites for hydroxylation is 1. The van der Waals surface area contributed by atoms with Crippen LogP contribution in [-0.2, 0) is 0 Å². The zero-order valence-corrected chi connectivity index (χ0v) is 7.53. The van der Waals surface area contributed by atoms with Crippen molar-refractivity contribution in [1.82, 2.24) is 0 Å². The number of hydrogen-bond donors (Lipinski definition) is 0. The Balaban J connectivity index is 2.10. The lowest BCUT2D eigenvalue weighted by Crippen LogP contribution is -1.76. The predicted molar refractivity (Wildman–Crippen MR) is 50.1 cm³/mol. The van der Waals surface area contributed by atoms with E-state index in [1.807, 2.05) is 11.8 Å². The lowest BCUT2D eigenvalue weighted by molar-refractivity contribution is 1.35. The van der Waals surface area contributed by atoms with E-state index >= 15 is 0 Å².